The molecule has 19 heavy (non-hydrogen) atoms. The van der Waals surface area contributed by atoms with Crippen molar-refractivity contribution in [1.29, 1.82) is 0 Å². The molecule has 0 aliphatic heterocycles. The van der Waals surface area contributed by atoms with Crippen LogP contribution >= 0.6 is 0 Å². The van der Waals surface area contributed by atoms with E-state index in [1.807, 2.05) is 0 Å². The van der Waals surface area contributed by atoms with Gasteiger partial charge < -0.3 is 4.74 Å². The normalized spacial score (nSPS) is 12.3. The molecule has 0 fully saturated rings. The van der Waals surface area contributed by atoms with E-state index in [1.165, 1.54) is 6.07 Å². The highest BCUT2D eigenvalue weighted by molar-refractivity contribution is 5.70. The van der Waals surface area contributed by atoms with Crippen molar-refractivity contribution in [3.8, 4) is 0 Å². The molecule has 0 heterocycles. The smallest absolute Gasteiger partial charge is 0.416 e. The third-order valence-corrected chi connectivity index (χ3v) is 2.29. The minimum absolute atomic E-state index is 0.0680. The zero-order valence-electron chi connectivity index (χ0n) is 11.2. The van der Waals surface area contributed by atoms with E-state index >= 15 is 0 Å². The molecule has 106 valence electrons. The summed E-state index contributed by atoms with van der Waals surface area (Å²) in [6.45, 7) is 5.24. The summed E-state index contributed by atoms with van der Waals surface area (Å²) in [6, 6.07) is 4.98. The fraction of sp³-hybridized carbons (Fsp3) is 0.500. The molecule has 0 saturated carbocycles. The van der Waals surface area contributed by atoms with E-state index in [2.05, 4.69) is 0 Å². The van der Waals surface area contributed by atoms with Crippen LogP contribution in [-0.4, -0.2) is 11.6 Å². The first-order valence-corrected chi connectivity index (χ1v) is 5.96. The van der Waals surface area contributed by atoms with Crippen LogP contribution in [0.1, 0.15) is 38.3 Å². The molecular weight excluding hydrogens is 257 g/mol. The van der Waals surface area contributed by atoms with Gasteiger partial charge in [-0.05, 0) is 38.8 Å². The van der Waals surface area contributed by atoms with Crippen molar-refractivity contribution >= 4 is 5.97 Å². The molecule has 1 aromatic carbocycles. The maximum Gasteiger partial charge on any atom is 0.416 e. The minimum Gasteiger partial charge on any atom is -0.460 e. The second-order valence-electron chi connectivity index (χ2n) is 5.28. The lowest BCUT2D eigenvalue weighted by Gasteiger charge is -2.19. The molecular formula is C14H17F3O2. The van der Waals surface area contributed by atoms with Crippen LogP contribution in [0, 0.1) is 0 Å². The summed E-state index contributed by atoms with van der Waals surface area (Å²) < 4.78 is 42.6. The third-order valence-electron chi connectivity index (χ3n) is 2.29. The standard InChI is InChI=1S/C14H17F3O2/c1-13(2,3)19-12(18)8-7-10-5-4-6-11(9-10)14(15,16)17/h4-6,9H,7-8H2,1-3H3. The molecule has 1 aromatic rings. The first kappa shape index (κ1) is 15.5. The number of rotatable bonds is 3. The SMILES string of the molecule is CC(C)(C)OC(=O)CCc1cccc(C(F)(F)F)c1. The van der Waals surface area contributed by atoms with E-state index in [0.29, 0.717) is 5.56 Å². The van der Waals surface area contributed by atoms with Crippen LogP contribution in [0.25, 0.3) is 0 Å². The van der Waals surface area contributed by atoms with Gasteiger partial charge in [0, 0.05) is 6.42 Å². The van der Waals surface area contributed by atoms with Crippen molar-refractivity contribution in [2.24, 2.45) is 0 Å². The van der Waals surface area contributed by atoms with E-state index in [4.69, 9.17) is 4.74 Å². The minimum atomic E-state index is -4.36. The zero-order valence-corrected chi connectivity index (χ0v) is 11.2. The van der Waals surface area contributed by atoms with Gasteiger partial charge in [0.15, 0.2) is 0 Å². The van der Waals surface area contributed by atoms with E-state index in [9.17, 15) is 18.0 Å². The van der Waals surface area contributed by atoms with Crippen LogP contribution in [0.15, 0.2) is 24.3 Å². The largest absolute Gasteiger partial charge is 0.460 e. The summed E-state index contributed by atoms with van der Waals surface area (Å²) >= 11 is 0. The summed E-state index contributed by atoms with van der Waals surface area (Å²) in [7, 11) is 0. The van der Waals surface area contributed by atoms with Gasteiger partial charge in [-0.15, -0.1) is 0 Å². The van der Waals surface area contributed by atoms with Crippen LogP contribution in [0.3, 0.4) is 0 Å². The Bertz CT molecular complexity index is 445. The van der Waals surface area contributed by atoms with Gasteiger partial charge in [0.1, 0.15) is 5.60 Å². The summed E-state index contributed by atoms with van der Waals surface area (Å²) in [5.41, 5.74) is -0.805. The molecule has 5 heteroatoms. The fourth-order valence-electron chi connectivity index (χ4n) is 1.54. The van der Waals surface area contributed by atoms with E-state index < -0.39 is 23.3 Å². The summed E-state index contributed by atoms with van der Waals surface area (Å²) in [5.74, 6) is -0.412. The molecule has 0 N–H and O–H groups in total. The average Bonchev–Trinajstić information content (AvgIpc) is 2.23. The zero-order chi connectivity index (χ0) is 14.7. The maximum absolute atomic E-state index is 12.5. The van der Waals surface area contributed by atoms with Crippen molar-refractivity contribution in [2.45, 2.75) is 45.4 Å². The third kappa shape index (κ3) is 5.77. The fourth-order valence-corrected chi connectivity index (χ4v) is 1.54. The molecule has 0 amide bonds. The molecule has 1 rings (SSSR count). The van der Waals surface area contributed by atoms with Crippen molar-refractivity contribution in [1.82, 2.24) is 0 Å². The highest BCUT2D eigenvalue weighted by Gasteiger charge is 2.30. The number of alkyl halides is 3. The van der Waals surface area contributed by atoms with Crippen LogP contribution in [0.2, 0.25) is 0 Å². The molecule has 0 spiro atoms. The van der Waals surface area contributed by atoms with Gasteiger partial charge >= 0.3 is 12.1 Å². The highest BCUT2D eigenvalue weighted by Crippen LogP contribution is 2.29. The number of carbonyl (C=O) groups is 1. The maximum atomic E-state index is 12.5. The van der Waals surface area contributed by atoms with Gasteiger partial charge in [-0.2, -0.15) is 13.2 Å². The molecule has 0 aliphatic carbocycles. The van der Waals surface area contributed by atoms with E-state index in [1.54, 1.807) is 26.8 Å². The number of carbonyl (C=O) groups excluding carboxylic acids is 1. The van der Waals surface area contributed by atoms with Gasteiger partial charge in [-0.1, -0.05) is 18.2 Å². The Labute approximate surface area is 110 Å². The molecule has 2 nitrogen and oxygen atoms in total. The average molecular weight is 274 g/mol. The van der Waals surface area contributed by atoms with Gasteiger partial charge in [0.2, 0.25) is 0 Å². The molecule has 0 saturated heterocycles. The molecule has 0 aromatic heterocycles. The van der Waals surface area contributed by atoms with Crippen molar-refractivity contribution < 1.29 is 22.7 Å². The molecule has 0 radical (unpaired) electrons. The Hall–Kier alpha value is -1.52. The highest BCUT2D eigenvalue weighted by atomic mass is 19.4. The number of ether oxygens (including phenoxy) is 1. The van der Waals surface area contributed by atoms with Gasteiger partial charge in [0.25, 0.3) is 0 Å². The van der Waals surface area contributed by atoms with Crippen molar-refractivity contribution in [2.75, 3.05) is 0 Å². The summed E-state index contributed by atoms with van der Waals surface area (Å²) in [4.78, 5) is 11.5. The van der Waals surface area contributed by atoms with Gasteiger partial charge in [-0.3, -0.25) is 4.79 Å². The molecule has 0 bridgehead atoms. The van der Waals surface area contributed by atoms with Crippen LogP contribution in [-0.2, 0) is 22.1 Å². The Morgan fingerprint density at radius 2 is 1.84 bits per heavy atom. The van der Waals surface area contributed by atoms with Crippen molar-refractivity contribution in [3.63, 3.8) is 0 Å². The molecule has 0 unspecified atom stereocenters. The van der Waals surface area contributed by atoms with Gasteiger partial charge in [-0.25, -0.2) is 0 Å². The van der Waals surface area contributed by atoms with Crippen LogP contribution in [0.5, 0.6) is 0 Å². The summed E-state index contributed by atoms with van der Waals surface area (Å²) in [6.07, 6.45) is -4.06. The number of aryl methyl sites for hydroxylation is 1. The number of benzene rings is 1. The second-order valence-corrected chi connectivity index (χ2v) is 5.28. The first-order valence-electron chi connectivity index (χ1n) is 5.96. The first-order chi connectivity index (χ1) is 8.58. The Morgan fingerprint density at radius 1 is 1.21 bits per heavy atom. The monoisotopic (exact) mass is 274 g/mol. The number of esters is 1. The predicted molar refractivity (Wildman–Crippen MR) is 65.6 cm³/mol. The lowest BCUT2D eigenvalue weighted by atomic mass is 10.1. The quantitative estimate of drug-likeness (QED) is 0.779. The topological polar surface area (TPSA) is 26.3 Å². The van der Waals surface area contributed by atoms with Crippen LogP contribution < -0.4 is 0 Å². The Kier molecular flexibility index (Phi) is 4.61. The summed E-state index contributed by atoms with van der Waals surface area (Å²) in [5, 5.41) is 0. The Balaban J connectivity index is 2.62. The molecule has 0 aliphatic rings. The lowest BCUT2D eigenvalue weighted by Crippen LogP contribution is -2.24. The molecule has 0 atom stereocenters. The Morgan fingerprint density at radius 3 is 2.37 bits per heavy atom. The van der Waals surface area contributed by atoms with Crippen LogP contribution in [0.4, 0.5) is 13.2 Å². The van der Waals surface area contributed by atoms with Crippen molar-refractivity contribution in [3.05, 3.63) is 35.4 Å². The lowest BCUT2D eigenvalue weighted by molar-refractivity contribution is -0.154. The van der Waals surface area contributed by atoms with E-state index in [-0.39, 0.29) is 12.8 Å². The predicted octanol–water partition coefficient (Wildman–Crippen LogP) is 3.98. The number of hydrogen-bond acceptors (Lipinski definition) is 2. The van der Waals surface area contributed by atoms with E-state index in [0.717, 1.165) is 12.1 Å². The van der Waals surface area contributed by atoms with Gasteiger partial charge in [0.05, 0.1) is 5.56 Å². The number of halogens is 3. The number of hydrogen-bond donors (Lipinski definition) is 0. The second kappa shape index (κ2) is 5.63.